The van der Waals surface area contributed by atoms with Crippen molar-refractivity contribution in [2.75, 3.05) is 18.0 Å². The van der Waals surface area contributed by atoms with E-state index < -0.39 is 5.51 Å². The Kier molecular flexibility index (Phi) is 4.75. The highest BCUT2D eigenvalue weighted by atomic mass is 32.2. The Morgan fingerprint density at radius 1 is 1.04 bits per heavy atom. The minimum Gasteiger partial charge on any atom is -0.355 e. The van der Waals surface area contributed by atoms with Crippen LogP contribution >= 0.6 is 11.8 Å². The van der Waals surface area contributed by atoms with E-state index in [0.717, 1.165) is 54.0 Å². The number of anilines is 1. The molecular weight excluding hydrogens is 373 g/mol. The van der Waals surface area contributed by atoms with E-state index in [-0.39, 0.29) is 16.7 Å². The summed E-state index contributed by atoms with van der Waals surface area (Å²) in [6, 6.07) is 8.30. The molecule has 3 heterocycles. The molecule has 0 amide bonds. The Labute approximate surface area is 159 Å². The Balaban J connectivity index is 1.69. The highest BCUT2D eigenvalue weighted by Gasteiger charge is 2.29. The van der Waals surface area contributed by atoms with Gasteiger partial charge >= 0.3 is 5.51 Å². The summed E-state index contributed by atoms with van der Waals surface area (Å²) in [7, 11) is 0. The molecule has 0 atom stereocenters. The molecule has 27 heavy (non-hydrogen) atoms. The Hall–Kier alpha value is -2.22. The van der Waals surface area contributed by atoms with E-state index in [2.05, 4.69) is 19.9 Å². The standard InChI is InChI=1S/C19H19F3N4S/c1-12-23-16-11-15(13-5-7-14(8-6-13)27-19(20,21)22)25-17(16)18(24-12)26-9-3-2-4-10-26/h5-8,11,25H,2-4,9-10H2,1H3. The predicted molar refractivity (Wildman–Crippen MR) is 102 cm³/mol. The van der Waals surface area contributed by atoms with Gasteiger partial charge in [0.05, 0.1) is 5.52 Å². The van der Waals surface area contributed by atoms with E-state index >= 15 is 0 Å². The first-order chi connectivity index (χ1) is 12.9. The van der Waals surface area contributed by atoms with Crippen LogP contribution in [0.5, 0.6) is 0 Å². The molecule has 0 spiro atoms. The molecule has 0 saturated carbocycles. The number of halogens is 3. The normalized spacial score (nSPS) is 15.5. The molecule has 0 unspecified atom stereocenters. The number of fused-ring (bicyclic) bond motifs is 1. The maximum Gasteiger partial charge on any atom is 0.446 e. The van der Waals surface area contributed by atoms with Crippen molar-refractivity contribution in [1.82, 2.24) is 15.0 Å². The third-order valence-electron chi connectivity index (χ3n) is 4.62. The van der Waals surface area contributed by atoms with Crippen molar-refractivity contribution in [2.24, 2.45) is 0 Å². The predicted octanol–water partition coefficient (Wildman–Crippen LogP) is 5.54. The van der Waals surface area contributed by atoms with Gasteiger partial charge in [0.25, 0.3) is 0 Å². The average molecular weight is 392 g/mol. The molecule has 1 saturated heterocycles. The molecule has 2 aromatic heterocycles. The number of hydrogen-bond donors (Lipinski definition) is 1. The molecular formula is C19H19F3N4S. The van der Waals surface area contributed by atoms with Gasteiger partial charge in [0, 0.05) is 23.7 Å². The van der Waals surface area contributed by atoms with Crippen molar-refractivity contribution in [3.63, 3.8) is 0 Å². The van der Waals surface area contributed by atoms with Gasteiger partial charge in [-0.3, -0.25) is 0 Å². The van der Waals surface area contributed by atoms with Crippen LogP contribution in [0, 0.1) is 6.92 Å². The number of hydrogen-bond acceptors (Lipinski definition) is 4. The van der Waals surface area contributed by atoms with E-state index in [1.54, 1.807) is 12.1 Å². The molecule has 1 N–H and O–H groups in total. The minimum absolute atomic E-state index is 0.106. The lowest BCUT2D eigenvalue weighted by Crippen LogP contribution is -2.30. The minimum atomic E-state index is -4.28. The first kappa shape index (κ1) is 18.2. The molecule has 142 valence electrons. The third-order valence-corrected chi connectivity index (χ3v) is 5.36. The summed E-state index contributed by atoms with van der Waals surface area (Å²) in [5, 5.41) is 0. The summed E-state index contributed by atoms with van der Waals surface area (Å²) in [5.41, 5.74) is -0.925. The lowest BCUT2D eigenvalue weighted by atomic mass is 10.1. The van der Waals surface area contributed by atoms with Gasteiger partial charge in [0.15, 0.2) is 5.82 Å². The summed E-state index contributed by atoms with van der Waals surface area (Å²) >= 11 is -0.106. The first-order valence-electron chi connectivity index (χ1n) is 8.87. The second-order valence-electron chi connectivity index (χ2n) is 6.66. The SMILES string of the molecule is Cc1nc(N2CCCCC2)c2[nH]c(-c3ccc(SC(F)(F)F)cc3)cc2n1. The van der Waals surface area contributed by atoms with Gasteiger partial charge in [-0.25, -0.2) is 9.97 Å². The van der Waals surface area contributed by atoms with Gasteiger partial charge in [0.2, 0.25) is 0 Å². The van der Waals surface area contributed by atoms with Gasteiger partial charge in [-0.2, -0.15) is 13.2 Å². The average Bonchev–Trinajstić information content (AvgIpc) is 3.05. The number of nitrogens with one attached hydrogen (secondary N) is 1. The van der Waals surface area contributed by atoms with Crippen molar-refractivity contribution in [3.8, 4) is 11.3 Å². The summed E-state index contributed by atoms with van der Waals surface area (Å²) in [6.07, 6.45) is 3.54. The molecule has 0 radical (unpaired) electrons. The number of piperidine rings is 1. The number of aromatic amines is 1. The number of nitrogens with zero attached hydrogens (tertiary/aromatic N) is 3. The number of aromatic nitrogens is 3. The molecule has 1 fully saturated rings. The van der Waals surface area contributed by atoms with Crippen molar-refractivity contribution >= 4 is 28.6 Å². The fourth-order valence-corrected chi connectivity index (χ4v) is 3.98. The number of thioether (sulfide) groups is 1. The molecule has 0 aliphatic carbocycles. The number of benzene rings is 1. The fourth-order valence-electron chi connectivity index (χ4n) is 3.44. The van der Waals surface area contributed by atoms with Crippen LogP contribution in [0.4, 0.5) is 19.0 Å². The van der Waals surface area contributed by atoms with E-state index in [4.69, 9.17) is 0 Å². The molecule has 3 aromatic rings. The van der Waals surface area contributed by atoms with Crippen LogP contribution < -0.4 is 4.90 Å². The Morgan fingerprint density at radius 3 is 2.41 bits per heavy atom. The molecule has 8 heteroatoms. The van der Waals surface area contributed by atoms with Gasteiger partial charge in [0.1, 0.15) is 11.3 Å². The van der Waals surface area contributed by atoms with Crippen LogP contribution in [0.15, 0.2) is 35.2 Å². The van der Waals surface area contributed by atoms with Crippen molar-refractivity contribution in [2.45, 2.75) is 36.6 Å². The van der Waals surface area contributed by atoms with Crippen LogP contribution in [-0.2, 0) is 0 Å². The smallest absolute Gasteiger partial charge is 0.355 e. The zero-order valence-electron chi connectivity index (χ0n) is 14.8. The van der Waals surface area contributed by atoms with Gasteiger partial charge in [-0.15, -0.1) is 0 Å². The zero-order chi connectivity index (χ0) is 19.0. The van der Waals surface area contributed by atoms with Crippen molar-refractivity contribution < 1.29 is 13.2 Å². The zero-order valence-corrected chi connectivity index (χ0v) is 15.6. The molecule has 0 bridgehead atoms. The van der Waals surface area contributed by atoms with E-state index in [1.807, 2.05) is 13.0 Å². The highest BCUT2D eigenvalue weighted by Crippen LogP contribution is 2.38. The molecule has 4 rings (SSSR count). The summed E-state index contributed by atoms with van der Waals surface area (Å²) in [4.78, 5) is 15.0. The number of aryl methyl sites for hydroxylation is 1. The molecule has 1 aliphatic heterocycles. The maximum absolute atomic E-state index is 12.5. The lowest BCUT2D eigenvalue weighted by molar-refractivity contribution is -0.0328. The van der Waals surface area contributed by atoms with E-state index in [1.165, 1.54) is 18.6 Å². The third kappa shape index (κ3) is 4.05. The van der Waals surface area contributed by atoms with E-state index in [9.17, 15) is 13.2 Å². The second kappa shape index (κ2) is 7.07. The Bertz CT molecular complexity index is 944. The van der Waals surface area contributed by atoms with Gasteiger partial charge in [-0.1, -0.05) is 12.1 Å². The fraction of sp³-hybridized carbons (Fsp3) is 0.368. The van der Waals surface area contributed by atoms with Crippen molar-refractivity contribution in [1.29, 1.82) is 0 Å². The highest BCUT2D eigenvalue weighted by molar-refractivity contribution is 8.00. The quantitative estimate of drug-likeness (QED) is 0.595. The van der Waals surface area contributed by atoms with Crippen molar-refractivity contribution in [3.05, 3.63) is 36.2 Å². The van der Waals surface area contributed by atoms with Crippen LogP contribution in [-0.4, -0.2) is 33.5 Å². The topological polar surface area (TPSA) is 44.8 Å². The molecule has 4 nitrogen and oxygen atoms in total. The first-order valence-corrected chi connectivity index (χ1v) is 9.69. The Morgan fingerprint density at radius 2 is 1.74 bits per heavy atom. The summed E-state index contributed by atoms with van der Waals surface area (Å²) in [5.74, 6) is 1.62. The number of H-pyrrole nitrogens is 1. The molecule has 1 aromatic carbocycles. The van der Waals surface area contributed by atoms with Gasteiger partial charge < -0.3 is 9.88 Å². The monoisotopic (exact) mass is 392 g/mol. The van der Waals surface area contributed by atoms with Crippen LogP contribution in [0.2, 0.25) is 0 Å². The van der Waals surface area contributed by atoms with Crippen LogP contribution in [0.3, 0.4) is 0 Å². The van der Waals surface area contributed by atoms with Gasteiger partial charge in [-0.05, 0) is 61.7 Å². The van der Waals surface area contributed by atoms with Crippen LogP contribution in [0.25, 0.3) is 22.3 Å². The molecule has 1 aliphatic rings. The lowest BCUT2D eigenvalue weighted by Gasteiger charge is -2.28. The summed E-state index contributed by atoms with van der Waals surface area (Å²) in [6.45, 7) is 3.83. The van der Waals surface area contributed by atoms with E-state index in [0.29, 0.717) is 5.82 Å². The second-order valence-corrected chi connectivity index (χ2v) is 7.80. The maximum atomic E-state index is 12.5. The largest absolute Gasteiger partial charge is 0.446 e. The summed E-state index contributed by atoms with van der Waals surface area (Å²) < 4.78 is 37.5. The number of alkyl halides is 3. The number of rotatable bonds is 3. The van der Waals surface area contributed by atoms with Crippen LogP contribution in [0.1, 0.15) is 25.1 Å².